The first-order chi connectivity index (χ1) is 17.3. The third-order valence-electron chi connectivity index (χ3n) is 5.88. The number of benzene rings is 3. The molecule has 0 atom stereocenters. The number of nitrogens with one attached hydrogen (secondary N) is 2. The van der Waals surface area contributed by atoms with Crippen LogP contribution in [0.2, 0.25) is 0 Å². The molecule has 0 bridgehead atoms. The van der Waals surface area contributed by atoms with Crippen LogP contribution >= 0.6 is 11.8 Å². The average molecular weight is 503 g/mol. The van der Waals surface area contributed by atoms with E-state index in [2.05, 4.69) is 15.2 Å². The van der Waals surface area contributed by atoms with E-state index >= 15 is 0 Å². The molecule has 3 aromatic carbocycles. The number of thioether (sulfide) groups is 1. The van der Waals surface area contributed by atoms with Gasteiger partial charge in [-0.3, -0.25) is 19.7 Å². The van der Waals surface area contributed by atoms with Crippen molar-refractivity contribution in [3.05, 3.63) is 99.7 Å². The Hall–Kier alpha value is -4.11. The quantitative estimate of drug-likeness (QED) is 0.183. The van der Waals surface area contributed by atoms with Crippen LogP contribution in [-0.4, -0.2) is 33.6 Å². The summed E-state index contributed by atoms with van der Waals surface area (Å²) < 4.78 is 2.08. The van der Waals surface area contributed by atoms with Crippen LogP contribution < -0.4 is 10.6 Å². The molecule has 36 heavy (non-hydrogen) atoms. The fourth-order valence-corrected chi connectivity index (χ4v) is 4.68. The zero-order valence-electron chi connectivity index (χ0n) is 20.0. The summed E-state index contributed by atoms with van der Waals surface area (Å²) in [6.07, 6.45) is 2.00. The lowest BCUT2D eigenvalue weighted by Crippen LogP contribution is -2.27. The van der Waals surface area contributed by atoms with E-state index in [0.717, 1.165) is 26.9 Å². The molecule has 0 spiro atoms. The Labute approximate surface area is 212 Å². The van der Waals surface area contributed by atoms with Crippen molar-refractivity contribution in [3.63, 3.8) is 0 Å². The highest BCUT2D eigenvalue weighted by atomic mass is 32.2. The molecular formula is C27H26N4O4S. The maximum absolute atomic E-state index is 12.5. The van der Waals surface area contributed by atoms with Crippen molar-refractivity contribution in [2.45, 2.75) is 25.3 Å². The second-order valence-electron chi connectivity index (χ2n) is 8.40. The van der Waals surface area contributed by atoms with Crippen LogP contribution in [0, 0.1) is 24.0 Å². The number of hydrogen-bond acceptors (Lipinski definition) is 5. The van der Waals surface area contributed by atoms with Crippen LogP contribution in [0.4, 0.5) is 11.4 Å². The van der Waals surface area contributed by atoms with Gasteiger partial charge in [-0.15, -0.1) is 11.8 Å². The van der Waals surface area contributed by atoms with Gasteiger partial charge >= 0.3 is 0 Å². The highest BCUT2D eigenvalue weighted by molar-refractivity contribution is 8.00. The van der Waals surface area contributed by atoms with Crippen LogP contribution in [0.3, 0.4) is 0 Å². The van der Waals surface area contributed by atoms with Crippen LogP contribution in [0.5, 0.6) is 0 Å². The highest BCUT2D eigenvalue weighted by Crippen LogP contribution is 2.30. The topological polar surface area (TPSA) is 106 Å². The molecule has 0 aliphatic heterocycles. The minimum absolute atomic E-state index is 0.0275. The summed E-state index contributed by atoms with van der Waals surface area (Å²) in [5.74, 6) is -0.118. The molecule has 0 unspecified atom stereocenters. The van der Waals surface area contributed by atoms with Crippen LogP contribution in [-0.2, 0) is 11.3 Å². The fourth-order valence-electron chi connectivity index (χ4n) is 3.79. The lowest BCUT2D eigenvalue weighted by Gasteiger charge is -2.09. The number of fused-ring (bicyclic) bond motifs is 1. The van der Waals surface area contributed by atoms with E-state index in [4.69, 9.17) is 0 Å². The first kappa shape index (κ1) is 25.0. The van der Waals surface area contributed by atoms with Gasteiger partial charge < -0.3 is 15.2 Å². The minimum Gasteiger partial charge on any atom is -0.350 e. The van der Waals surface area contributed by atoms with Crippen LogP contribution in [0.25, 0.3) is 10.9 Å². The van der Waals surface area contributed by atoms with Gasteiger partial charge in [0.25, 0.3) is 11.6 Å². The number of carbonyl (C=O) groups excluding carboxylic acids is 2. The summed E-state index contributed by atoms with van der Waals surface area (Å²) in [4.78, 5) is 36.3. The molecule has 9 heteroatoms. The highest BCUT2D eigenvalue weighted by Gasteiger charge is 2.13. The van der Waals surface area contributed by atoms with Crippen LogP contribution in [0.1, 0.15) is 21.5 Å². The van der Waals surface area contributed by atoms with Crippen molar-refractivity contribution in [2.24, 2.45) is 0 Å². The van der Waals surface area contributed by atoms with Crippen molar-refractivity contribution in [2.75, 3.05) is 17.6 Å². The van der Waals surface area contributed by atoms with Gasteiger partial charge in [0.15, 0.2) is 0 Å². The number of hydrogen-bond donors (Lipinski definition) is 2. The molecule has 1 aromatic heterocycles. The number of anilines is 1. The minimum atomic E-state index is -0.480. The molecular weight excluding hydrogens is 476 g/mol. The number of nitro groups is 1. The van der Waals surface area contributed by atoms with Crippen molar-refractivity contribution in [1.82, 2.24) is 9.88 Å². The normalized spacial score (nSPS) is 10.8. The van der Waals surface area contributed by atoms with E-state index in [1.165, 1.54) is 36.0 Å². The number of aromatic nitrogens is 1. The van der Waals surface area contributed by atoms with E-state index < -0.39 is 4.92 Å². The molecule has 0 aliphatic rings. The molecule has 0 fully saturated rings. The summed E-state index contributed by atoms with van der Waals surface area (Å²) >= 11 is 1.42. The third-order valence-corrected chi connectivity index (χ3v) is 6.92. The average Bonchev–Trinajstić information content (AvgIpc) is 3.22. The first-order valence-electron chi connectivity index (χ1n) is 11.4. The maximum Gasteiger partial charge on any atom is 0.269 e. The molecule has 8 nitrogen and oxygen atoms in total. The summed E-state index contributed by atoms with van der Waals surface area (Å²) in [6.45, 7) is 5.06. The van der Waals surface area contributed by atoms with Gasteiger partial charge in [-0.2, -0.15) is 0 Å². The Kier molecular flexibility index (Phi) is 7.70. The molecule has 0 saturated heterocycles. The summed E-state index contributed by atoms with van der Waals surface area (Å²) in [7, 11) is 0. The summed E-state index contributed by atoms with van der Waals surface area (Å²) in [5, 5.41) is 17.6. The van der Waals surface area contributed by atoms with Crippen molar-refractivity contribution >= 4 is 45.9 Å². The predicted molar refractivity (Wildman–Crippen MR) is 143 cm³/mol. The lowest BCUT2D eigenvalue weighted by molar-refractivity contribution is -0.384. The van der Waals surface area contributed by atoms with E-state index in [0.29, 0.717) is 24.3 Å². The van der Waals surface area contributed by atoms with Crippen molar-refractivity contribution in [3.8, 4) is 0 Å². The molecule has 184 valence electrons. The molecule has 2 amide bonds. The molecule has 4 aromatic rings. The predicted octanol–water partition coefficient (Wildman–Crippen LogP) is 5.33. The van der Waals surface area contributed by atoms with Crippen molar-refractivity contribution in [1.29, 1.82) is 0 Å². The largest absolute Gasteiger partial charge is 0.350 e. The van der Waals surface area contributed by atoms with Gasteiger partial charge in [-0.25, -0.2) is 0 Å². The second-order valence-corrected chi connectivity index (χ2v) is 9.42. The molecule has 0 saturated carbocycles. The van der Waals surface area contributed by atoms with E-state index in [1.807, 2.05) is 62.5 Å². The van der Waals surface area contributed by atoms with Gasteiger partial charge in [0.2, 0.25) is 5.91 Å². The molecule has 0 radical (unpaired) electrons. The zero-order valence-corrected chi connectivity index (χ0v) is 20.8. The Morgan fingerprint density at radius 3 is 2.47 bits per heavy atom. The molecule has 0 aliphatic carbocycles. The van der Waals surface area contributed by atoms with Crippen LogP contribution in [0.15, 0.2) is 77.8 Å². The Morgan fingerprint density at radius 2 is 1.75 bits per heavy atom. The van der Waals surface area contributed by atoms with Gasteiger partial charge in [0.1, 0.15) is 0 Å². The number of rotatable bonds is 9. The smallest absolute Gasteiger partial charge is 0.269 e. The first-order valence-corrected chi connectivity index (χ1v) is 12.4. The fraction of sp³-hybridized carbons (Fsp3) is 0.185. The van der Waals surface area contributed by atoms with Gasteiger partial charge in [-0.1, -0.05) is 24.3 Å². The van der Waals surface area contributed by atoms with E-state index in [-0.39, 0.29) is 23.3 Å². The maximum atomic E-state index is 12.5. The third kappa shape index (κ3) is 5.92. The Morgan fingerprint density at radius 1 is 1.00 bits per heavy atom. The number of amides is 2. The number of non-ortho nitro benzene ring substituents is 1. The van der Waals surface area contributed by atoms with Crippen molar-refractivity contribution < 1.29 is 14.5 Å². The number of nitro benzene ring substituents is 1. The SMILES string of the molecule is Cc1ccc(C(=O)NCCn2cc(SCC(=O)Nc3ccc([N+](=O)[O-])cc3)c3ccccc32)cc1C. The van der Waals surface area contributed by atoms with Gasteiger partial charge in [-0.05, 0) is 55.3 Å². The number of carbonyl (C=O) groups is 2. The zero-order chi connectivity index (χ0) is 25.7. The Bertz CT molecular complexity index is 1430. The van der Waals surface area contributed by atoms with E-state index in [9.17, 15) is 19.7 Å². The molecule has 2 N–H and O–H groups in total. The Balaban J connectivity index is 1.37. The molecule has 4 rings (SSSR count). The summed E-state index contributed by atoms with van der Waals surface area (Å²) in [6, 6.07) is 19.4. The van der Waals surface area contributed by atoms with Gasteiger partial charge in [0.05, 0.1) is 10.7 Å². The van der Waals surface area contributed by atoms with Gasteiger partial charge in [0, 0.05) is 58.5 Å². The summed E-state index contributed by atoms with van der Waals surface area (Å²) in [5.41, 5.74) is 4.38. The number of aryl methyl sites for hydroxylation is 2. The standard InChI is InChI=1S/C27H26N4O4S/c1-18-7-8-20(15-19(18)2)27(33)28-13-14-30-16-25(23-5-3-4-6-24(23)30)36-17-26(32)29-21-9-11-22(12-10-21)31(34)35/h3-12,15-16H,13-14,17H2,1-2H3,(H,28,33)(H,29,32). The van der Waals surface area contributed by atoms with E-state index in [1.54, 1.807) is 0 Å². The number of nitrogens with zero attached hydrogens (tertiary/aromatic N) is 2. The molecule has 1 heterocycles. The number of para-hydroxylation sites is 1. The lowest BCUT2D eigenvalue weighted by atomic mass is 10.1. The second kappa shape index (κ2) is 11.1. The monoisotopic (exact) mass is 502 g/mol.